The first-order valence-corrected chi connectivity index (χ1v) is 10.3. The fourth-order valence-electron chi connectivity index (χ4n) is 3.90. The quantitative estimate of drug-likeness (QED) is 0.357. The first kappa shape index (κ1) is 22.4. The maximum Gasteiger partial charge on any atom is 0.295 e. The van der Waals surface area contributed by atoms with Gasteiger partial charge in [0.1, 0.15) is 17.3 Å². The van der Waals surface area contributed by atoms with Crippen LogP contribution >= 0.6 is 0 Å². The van der Waals surface area contributed by atoms with Crippen molar-refractivity contribution in [3.8, 4) is 11.5 Å². The summed E-state index contributed by atoms with van der Waals surface area (Å²) in [5, 5.41) is 20.8. The highest BCUT2D eigenvalue weighted by molar-refractivity contribution is 6.46. The predicted molar refractivity (Wildman–Crippen MR) is 117 cm³/mol. The van der Waals surface area contributed by atoms with Crippen molar-refractivity contribution in [1.82, 2.24) is 4.90 Å². The van der Waals surface area contributed by atoms with Crippen LogP contribution in [-0.2, 0) is 9.59 Å². The Balaban J connectivity index is 2.10. The van der Waals surface area contributed by atoms with Crippen molar-refractivity contribution in [2.45, 2.75) is 19.4 Å². The molecule has 0 aliphatic carbocycles. The topological polar surface area (TPSA) is 91.5 Å². The number of quaternary nitrogens is 1. The number of aryl methyl sites for hydroxylation is 1. The number of aromatic hydroxyl groups is 1. The number of hydrogen-bond donors (Lipinski definition) is 3. The second-order valence-corrected chi connectivity index (χ2v) is 8.08. The van der Waals surface area contributed by atoms with Crippen LogP contribution in [0.15, 0.2) is 48.0 Å². The Morgan fingerprint density at radius 2 is 1.81 bits per heavy atom. The molecule has 0 bridgehead atoms. The van der Waals surface area contributed by atoms with E-state index in [2.05, 4.69) is 0 Å². The summed E-state index contributed by atoms with van der Waals surface area (Å²) in [7, 11) is 5.61. The summed E-state index contributed by atoms with van der Waals surface area (Å²) < 4.78 is 5.27. The number of aliphatic hydroxyl groups is 1. The zero-order valence-electron chi connectivity index (χ0n) is 18.3. The van der Waals surface area contributed by atoms with E-state index in [0.717, 1.165) is 12.1 Å². The molecule has 3 rings (SSSR count). The van der Waals surface area contributed by atoms with Crippen LogP contribution in [0, 0.1) is 6.92 Å². The summed E-state index contributed by atoms with van der Waals surface area (Å²) in [5.74, 6) is -0.802. The largest absolute Gasteiger partial charge is 0.508 e. The lowest BCUT2D eigenvalue weighted by Crippen LogP contribution is -3.05. The van der Waals surface area contributed by atoms with Gasteiger partial charge in [-0.05, 0) is 48.4 Å². The molecule has 3 N–H and O–H groups in total. The van der Waals surface area contributed by atoms with Crippen molar-refractivity contribution in [3.05, 3.63) is 64.7 Å². The maximum absolute atomic E-state index is 13.0. The molecule has 0 spiro atoms. The molecule has 7 heteroatoms. The zero-order chi connectivity index (χ0) is 22.7. The summed E-state index contributed by atoms with van der Waals surface area (Å²) in [6.07, 6.45) is 0.714. The highest BCUT2D eigenvalue weighted by Crippen LogP contribution is 2.40. The minimum Gasteiger partial charge on any atom is -0.508 e. The third-order valence-corrected chi connectivity index (χ3v) is 5.49. The van der Waals surface area contributed by atoms with E-state index in [0.29, 0.717) is 29.8 Å². The first-order valence-electron chi connectivity index (χ1n) is 10.3. The summed E-state index contributed by atoms with van der Waals surface area (Å²) in [4.78, 5) is 28.7. The minimum atomic E-state index is -0.722. The lowest BCUT2D eigenvalue weighted by atomic mass is 9.94. The zero-order valence-corrected chi connectivity index (χ0v) is 18.3. The van der Waals surface area contributed by atoms with Gasteiger partial charge in [0, 0.05) is 18.5 Å². The van der Waals surface area contributed by atoms with Gasteiger partial charge in [-0.3, -0.25) is 9.59 Å². The number of likely N-dealkylation sites (tertiary alicyclic amines) is 1. The van der Waals surface area contributed by atoms with Crippen LogP contribution in [0.4, 0.5) is 0 Å². The van der Waals surface area contributed by atoms with Crippen molar-refractivity contribution >= 4 is 17.4 Å². The second kappa shape index (κ2) is 9.22. The van der Waals surface area contributed by atoms with Gasteiger partial charge in [-0.15, -0.1) is 0 Å². The molecule has 1 saturated heterocycles. The number of carbonyl (C=O) groups is 2. The van der Waals surface area contributed by atoms with Gasteiger partial charge in [0.25, 0.3) is 11.7 Å². The number of hydrogen-bond acceptors (Lipinski definition) is 5. The van der Waals surface area contributed by atoms with Crippen LogP contribution in [-0.4, -0.2) is 61.1 Å². The standard InChI is InChI=1S/C24H28N2O5/c1-15-14-17(8-11-19(15)31-4)22(28)20-21(16-6-9-18(27)10-7-16)26(24(30)23(20)29)13-5-12-25(2)3/h6-11,14,21,27-28H,5,12-13H2,1-4H3/p+1/b22-20+/t21-/m0/s1. The molecule has 0 radical (unpaired) electrons. The SMILES string of the molecule is COc1ccc(/C(O)=C2\C(=O)C(=O)N(CCC[NH+](C)C)[C@H]2c2ccc(O)cc2)cc1C. The van der Waals surface area contributed by atoms with Gasteiger partial charge in [-0.2, -0.15) is 0 Å². The predicted octanol–water partition coefficient (Wildman–Crippen LogP) is 1.67. The molecule has 31 heavy (non-hydrogen) atoms. The highest BCUT2D eigenvalue weighted by atomic mass is 16.5. The lowest BCUT2D eigenvalue weighted by molar-refractivity contribution is -0.858. The molecule has 1 fully saturated rings. The molecule has 1 amide bonds. The van der Waals surface area contributed by atoms with Crippen molar-refractivity contribution in [2.75, 3.05) is 34.3 Å². The van der Waals surface area contributed by atoms with E-state index >= 15 is 0 Å². The molecule has 0 unspecified atom stereocenters. The number of methoxy groups -OCH3 is 1. The average molecular weight is 426 g/mol. The van der Waals surface area contributed by atoms with E-state index in [4.69, 9.17) is 4.74 Å². The molecular formula is C24H29N2O5+. The average Bonchev–Trinajstić information content (AvgIpc) is 2.98. The third-order valence-electron chi connectivity index (χ3n) is 5.49. The summed E-state index contributed by atoms with van der Waals surface area (Å²) in [6, 6.07) is 10.7. The molecule has 1 heterocycles. The van der Waals surface area contributed by atoms with Crippen molar-refractivity contribution in [1.29, 1.82) is 0 Å². The number of aliphatic hydroxyl groups excluding tert-OH is 1. The molecule has 1 atom stereocenters. The van der Waals surface area contributed by atoms with Gasteiger partial charge in [-0.1, -0.05) is 12.1 Å². The summed E-state index contributed by atoms with van der Waals surface area (Å²) >= 11 is 0. The van der Waals surface area contributed by atoms with Gasteiger partial charge >= 0.3 is 0 Å². The van der Waals surface area contributed by atoms with E-state index in [1.165, 1.54) is 21.9 Å². The number of rotatable bonds is 7. The molecule has 0 aromatic heterocycles. The fraction of sp³-hybridized carbons (Fsp3) is 0.333. The Kier molecular flexibility index (Phi) is 6.65. The molecule has 1 aliphatic heterocycles. The first-order chi connectivity index (χ1) is 14.7. The van der Waals surface area contributed by atoms with Gasteiger partial charge in [0.05, 0.1) is 39.4 Å². The van der Waals surface area contributed by atoms with Crippen molar-refractivity contribution in [2.24, 2.45) is 0 Å². The van der Waals surface area contributed by atoms with Crippen molar-refractivity contribution < 1.29 is 29.4 Å². The molecule has 7 nitrogen and oxygen atoms in total. The number of phenols is 1. The number of nitrogens with zero attached hydrogens (tertiary/aromatic N) is 1. The highest BCUT2D eigenvalue weighted by Gasteiger charge is 2.45. The Morgan fingerprint density at radius 3 is 2.39 bits per heavy atom. The number of ether oxygens (including phenoxy) is 1. The molecule has 1 aliphatic rings. The lowest BCUT2D eigenvalue weighted by Gasteiger charge is -2.25. The van der Waals surface area contributed by atoms with Crippen LogP contribution in [0.5, 0.6) is 11.5 Å². The van der Waals surface area contributed by atoms with Crippen LogP contribution in [0.3, 0.4) is 0 Å². The minimum absolute atomic E-state index is 0.0532. The van der Waals surface area contributed by atoms with Crippen LogP contribution in [0.1, 0.15) is 29.2 Å². The molecule has 2 aromatic carbocycles. The number of benzene rings is 2. The van der Waals surface area contributed by atoms with E-state index in [9.17, 15) is 19.8 Å². The smallest absolute Gasteiger partial charge is 0.295 e. The summed E-state index contributed by atoms with van der Waals surface area (Å²) in [6.45, 7) is 3.07. The number of Topliss-reactive ketones (excluding diaryl/α,β-unsaturated/α-hetero) is 1. The van der Waals surface area contributed by atoms with E-state index in [1.54, 1.807) is 37.4 Å². The Labute approximate surface area is 182 Å². The number of carbonyl (C=O) groups excluding carboxylic acids is 2. The van der Waals surface area contributed by atoms with Crippen molar-refractivity contribution in [3.63, 3.8) is 0 Å². The summed E-state index contributed by atoms with van der Waals surface area (Å²) in [5.41, 5.74) is 1.95. The van der Waals surface area contributed by atoms with Crippen LogP contribution < -0.4 is 9.64 Å². The molecule has 0 saturated carbocycles. The second-order valence-electron chi connectivity index (χ2n) is 8.08. The maximum atomic E-state index is 13.0. The Morgan fingerprint density at radius 1 is 1.13 bits per heavy atom. The van der Waals surface area contributed by atoms with Crippen LogP contribution in [0.2, 0.25) is 0 Å². The Bertz CT molecular complexity index is 1010. The fourth-order valence-corrected chi connectivity index (χ4v) is 3.90. The van der Waals surface area contributed by atoms with Gasteiger partial charge in [0.15, 0.2) is 0 Å². The van der Waals surface area contributed by atoms with Gasteiger partial charge in [-0.25, -0.2) is 0 Å². The number of nitrogens with one attached hydrogen (secondary N) is 1. The normalized spacial score (nSPS) is 18.1. The van der Waals surface area contributed by atoms with Gasteiger partial charge in [0.2, 0.25) is 0 Å². The number of ketones is 1. The van der Waals surface area contributed by atoms with E-state index in [1.807, 2.05) is 21.0 Å². The van der Waals surface area contributed by atoms with E-state index in [-0.39, 0.29) is 17.1 Å². The van der Waals surface area contributed by atoms with Crippen LogP contribution in [0.25, 0.3) is 5.76 Å². The number of amides is 1. The molecule has 164 valence electrons. The van der Waals surface area contributed by atoms with E-state index < -0.39 is 17.7 Å². The molecule has 2 aromatic rings. The van der Waals surface area contributed by atoms with Gasteiger partial charge < -0.3 is 24.7 Å². The monoisotopic (exact) mass is 425 g/mol. The Hall–Kier alpha value is -3.32. The molecular weight excluding hydrogens is 396 g/mol. The third kappa shape index (κ3) is 4.56. The number of phenolic OH excluding ortho intramolecular Hbond substituents is 1.